The van der Waals surface area contributed by atoms with Gasteiger partial charge in [-0.15, -0.1) is 21.5 Å². The van der Waals surface area contributed by atoms with Gasteiger partial charge in [-0.25, -0.2) is 0 Å². The Balaban J connectivity index is 1.59. The number of nitrogens with zero attached hydrogens (tertiary/aromatic N) is 4. The van der Waals surface area contributed by atoms with Crippen molar-refractivity contribution >= 4 is 17.2 Å². The molecule has 3 aromatic rings. The Morgan fingerprint density at radius 2 is 2.04 bits per heavy atom. The molecule has 0 atom stereocenters. The Bertz CT molecular complexity index is 856. The van der Waals surface area contributed by atoms with Crippen LogP contribution in [0.2, 0.25) is 0 Å². The first-order valence-electron chi connectivity index (χ1n) is 8.93. The summed E-state index contributed by atoms with van der Waals surface area (Å²) < 4.78 is 11.3. The fourth-order valence-electron chi connectivity index (χ4n) is 2.77. The average Bonchev–Trinajstić information content (AvgIpc) is 3.36. The molecule has 27 heavy (non-hydrogen) atoms. The Morgan fingerprint density at radius 3 is 2.70 bits per heavy atom. The van der Waals surface area contributed by atoms with Gasteiger partial charge in [-0.3, -0.25) is 9.69 Å². The summed E-state index contributed by atoms with van der Waals surface area (Å²) in [6, 6.07) is 7.73. The molecular formula is C19H24N4O3S. The van der Waals surface area contributed by atoms with E-state index in [9.17, 15) is 4.79 Å². The van der Waals surface area contributed by atoms with E-state index in [1.807, 2.05) is 55.4 Å². The molecule has 1 amide bonds. The standard InChI is InChI=1S/C19H24N4O3S/c1-4-9-23(12-17-20-21-19(26-17)16-6-5-10-27-16)18(24)13-22(3)11-15-8-7-14(2)25-15/h5-8,10H,4,9,11-13H2,1-3H3. The number of amides is 1. The van der Waals surface area contributed by atoms with E-state index in [1.165, 1.54) is 0 Å². The molecule has 7 nitrogen and oxygen atoms in total. The largest absolute Gasteiger partial charge is 0.465 e. The molecule has 0 unspecified atom stereocenters. The molecule has 0 spiro atoms. The molecule has 3 heterocycles. The van der Waals surface area contributed by atoms with Gasteiger partial charge in [-0.2, -0.15) is 0 Å². The van der Waals surface area contributed by atoms with Crippen LogP contribution in [-0.4, -0.2) is 46.0 Å². The number of aryl methyl sites for hydroxylation is 1. The van der Waals surface area contributed by atoms with Crippen LogP contribution < -0.4 is 0 Å². The third-order valence-corrected chi connectivity index (χ3v) is 4.86. The van der Waals surface area contributed by atoms with Crippen LogP contribution in [0.15, 0.2) is 38.5 Å². The van der Waals surface area contributed by atoms with E-state index in [-0.39, 0.29) is 5.91 Å². The van der Waals surface area contributed by atoms with Gasteiger partial charge in [0.15, 0.2) is 0 Å². The van der Waals surface area contributed by atoms with E-state index in [0.717, 1.165) is 22.8 Å². The van der Waals surface area contributed by atoms with Crippen molar-refractivity contribution in [2.45, 2.75) is 33.4 Å². The number of hydrogen-bond donors (Lipinski definition) is 0. The summed E-state index contributed by atoms with van der Waals surface area (Å²) in [5.41, 5.74) is 0. The highest BCUT2D eigenvalue weighted by Gasteiger charge is 2.19. The van der Waals surface area contributed by atoms with Gasteiger partial charge in [0.05, 0.1) is 24.5 Å². The number of likely N-dealkylation sites (N-methyl/N-ethyl adjacent to an activating group) is 1. The van der Waals surface area contributed by atoms with Crippen LogP contribution in [0.25, 0.3) is 10.8 Å². The zero-order valence-electron chi connectivity index (χ0n) is 15.8. The van der Waals surface area contributed by atoms with Crippen molar-refractivity contribution in [2.24, 2.45) is 0 Å². The molecule has 0 aliphatic heterocycles. The van der Waals surface area contributed by atoms with Crippen LogP contribution in [0.4, 0.5) is 0 Å². The number of carbonyl (C=O) groups excluding carboxylic acids is 1. The number of thiophene rings is 1. The van der Waals surface area contributed by atoms with Crippen LogP contribution in [0.1, 0.15) is 30.8 Å². The summed E-state index contributed by atoms with van der Waals surface area (Å²) in [5, 5.41) is 10.1. The van der Waals surface area contributed by atoms with Crippen molar-refractivity contribution in [2.75, 3.05) is 20.1 Å². The summed E-state index contributed by atoms with van der Waals surface area (Å²) in [5.74, 6) is 2.69. The molecule has 0 bridgehead atoms. The van der Waals surface area contributed by atoms with Crippen LogP contribution >= 0.6 is 11.3 Å². The first-order chi connectivity index (χ1) is 13.0. The first-order valence-corrected chi connectivity index (χ1v) is 9.81. The minimum absolute atomic E-state index is 0.0264. The predicted molar refractivity (Wildman–Crippen MR) is 103 cm³/mol. The molecular weight excluding hydrogens is 364 g/mol. The quantitative estimate of drug-likeness (QED) is 0.558. The second kappa shape index (κ2) is 8.96. The van der Waals surface area contributed by atoms with E-state index in [2.05, 4.69) is 10.2 Å². The van der Waals surface area contributed by atoms with Crippen LogP contribution in [0.5, 0.6) is 0 Å². The topological polar surface area (TPSA) is 75.6 Å². The molecule has 0 aliphatic carbocycles. The minimum atomic E-state index is 0.0264. The van der Waals surface area contributed by atoms with Crippen molar-refractivity contribution in [3.8, 4) is 10.8 Å². The Morgan fingerprint density at radius 1 is 1.19 bits per heavy atom. The predicted octanol–water partition coefficient (Wildman–Crippen LogP) is 3.57. The molecule has 0 saturated carbocycles. The Hall–Kier alpha value is -2.45. The highest BCUT2D eigenvalue weighted by molar-refractivity contribution is 7.13. The normalized spacial score (nSPS) is 11.3. The summed E-state index contributed by atoms with van der Waals surface area (Å²) >= 11 is 1.54. The highest BCUT2D eigenvalue weighted by Crippen LogP contribution is 2.23. The number of furan rings is 1. The summed E-state index contributed by atoms with van der Waals surface area (Å²) in [6.45, 7) is 5.79. The lowest BCUT2D eigenvalue weighted by atomic mass is 10.3. The maximum atomic E-state index is 12.7. The smallest absolute Gasteiger partial charge is 0.257 e. The number of carbonyl (C=O) groups is 1. The van der Waals surface area contributed by atoms with E-state index in [1.54, 1.807) is 16.2 Å². The van der Waals surface area contributed by atoms with Crippen molar-refractivity contribution in [1.29, 1.82) is 0 Å². The van der Waals surface area contributed by atoms with E-state index in [4.69, 9.17) is 8.83 Å². The van der Waals surface area contributed by atoms with Crippen LogP contribution in [-0.2, 0) is 17.9 Å². The molecule has 0 aromatic carbocycles. The molecule has 0 aliphatic rings. The molecule has 0 saturated heterocycles. The molecule has 0 N–H and O–H groups in total. The second-order valence-corrected chi connectivity index (χ2v) is 7.43. The van der Waals surface area contributed by atoms with Gasteiger partial charge in [0.2, 0.25) is 11.8 Å². The molecule has 0 fully saturated rings. The van der Waals surface area contributed by atoms with Crippen molar-refractivity contribution < 1.29 is 13.6 Å². The highest BCUT2D eigenvalue weighted by atomic mass is 32.1. The van der Waals surface area contributed by atoms with Gasteiger partial charge in [0, 0.05) is 6.54 Å². The maximum Gasteiger partial charge on any atom is 0.257 e. The number of hydrogen-bond acceptors (Lipinski definition) is 7. The van der Waals surface area contributed by atoms with E-state index in [0.29, 0.717) is 38.0 Å². The molecule has 3 aromatic heterocycles. The zero-order chi connectivity index (χ0) is 19.2. The first kappa shape index (κ1) is 19.3. The summed E-state index contributed by atoms with van der Waals surface area (Å²) in [6.07, 6.45) is 0.860. The number of rotatable bonds is 9. The van der Waals surface area contributed by atoms with Crippen LogP contribution in [0, 0.1) is 6.92 Å². The number of aromatic nitrogens is 2. The van der Waals surface area contributed by atoms with E-state index < -0.39 is 0 Å². The third-order valence-electron chi connectivity index (χ3n) is 4.00. The third kappa shape index (κ3) is 5.27. The lowest BCUT2D eigenvalue weighted by Crippen LogP contribution is -2.38. The Kier molecular flexibility index (Phi) is 6.41. The summed E-state index contributed by atoms with van der Waals surface area (Å²) in [4.78, 5) is 17.4. The molecule has 8 heteroatoms. The Labute approximate surface area is 162 Å². The molecule has 0 radical (unpaired) electrons. The van der Waals surface area contributed by atoms with Gasteiger partial charge in [0.25, 0.3) is 5.89 Å². The van der Waals surface area contributed by atoms with Crippen molar-refractivity contribution in [1.82, 2.24) is 20.0 Å². The maximum absolute atomic E-state index is 12.7. The van der Waals surface area contributed by atoms with Gasteiger partial charge in [0.1, 0.15) is 11.5 Å². The van der Waals surface area contributed by atoms with Gasteiger partial charge < -0.3 is 13.7 Å². The average molecular weight is 388 g/mol. The lowest BCUT2D eigenvalue weighted by molar-refractivity contribution is -0.133. The fraction of sp³-hybridized carbons (Fsp3) is 0.421. The van der Waals surface area contributed by atoms with Gasteiger partial charge in [-0.1, -0.05) is 13.0 Å². The molecule has 3 rings (SSSR count). The van der Waals surface area contributed by atoms with Gasteiger partial charge in [-0.05, 0) is 44.0 Å². The lowest BCUT2D eigenvalue weighted by Gasteiger charge is -2.23. The minimum Gasteiger partial charge on any atom is -0.465 e. The van der Waals surface area contributed by atoms with Crippen molar-refractivity contribution in [3.05, 3.63) is 47.1 Å². The monoisotopic (exact) mass is 388 g/mol. The van der Waals surface area contributed by atoms with Gasteiger partial charge >= 0.3 is 0 Å². The SMILES string of the molecule is CCCN(Cc1nnc(-c2cccs2)o1)C(=O)CN(C)Cc1ccc(C)o1. The van der Waals surface area contributed by atoms with E-state index >= 15 is 0 Å². The van der Waals surface area contributed by atoms with Crippen LogP contribution in [0.3, 0.4) is 0 Å². The van der Waals surface area contributed by atoms with Crippen molar-refractivity contribution in [3.63, 3.8) is 0 Å². The molecule has 144 valence electrons. The zero-order valence-corrected chi connectivity index (χ0v) is 16.7. The second-order valence-electron chi connectivity index (χ2n) is 6.48. The fourth-order valence-corrected chi connectivity index (χ4v) is 3.41. The summed E-state index contributed by atoms with van der Waals surface area (Å²) in [7, 11) is 1.90.